The van der Waals surface area contributed by atoms with Crippen molar-refractivity contribution in [1.29, 1.82) is 0 Å². The van der Waals surface area contributed by atoms with Gasteiger partial charge in [0, 0.05) is 30.9 Å². The Kier molecular flexibility index (Phi) is 5.51. The van der Waals surface area contributed by atoms with Crippen LogP contribution in [-0.4, -0.2) is 52.6 Å². The molecule has 2 saturated heterocycles. The highest BCUT2D eigenvalue weighted by molar-refractivity contribution is 5.94. The monoisotopic (exact) mass is 369 g/mol. The zero-order valence-corrected chi connectivity index (χ0v) is 16.3. The van der Waals surface area contributed by atoms with Crippen molar-refractivity contribution in [2.24, 2.45) is 11.3 Å². The molecule has 1 amide bonds. The summed E-state index contributed by atoms with van der Waals surface area (Å²) in [4.78, 5) is 19.6. The van der Waals surface area contributed by atoms with Crippen LogP contribution < -0.4 is 10.6 Å². The van der Waals surface area contributed by atoms with E-state index in [2.05, 4.69) is 38.9 Å². The highest BCUT2D eigenvalue weighted by atomic mass is 16.2. The van der Waals surface area contributed by atoms with Crippen molar-refractivity contribution >= 4 is 5.91 Å². The number of piperidine rings is 2. The van der Waals surface area contributed by atoms with Crippen LogP contribution in [0.25, 0.3) is 0 Å². The summed E-state index contributed by atoms with van der Waals surface area (Å²) in [6, 6.07) is 0.316. The van der Waals surface area contributed by atoms with Crippen molar-refractivity contribution in [3.63, 3.8) is 0 Å². The predicted molar refractivity (Wildman–Crippen MR) is 105 cm³/mol. The van der Waals surface area contributed by atoms with Crippen molar-refractivity contribution in [2.45, 2.75) is 58.2 Å². The van der Waals surface area contributed by atoms with Crippen LogP contribution >= 0.6 is 0 Å². The Morgan fingerprint density at radius 2 is 2.04 bits per heavy atom. The third-order valence-electron chi connectivity index (χ3n) is 6.56. The third-order valence-corrected chi connectivity index (χ3v) is 6.56. The average Bonchev–Trinajstić information content (AvgIpc) is 3.18. The molecule has 1 atom stereocenters. The van der Waals surface area contributed by atoms with Crippen LogP contribution in [-0.2, 0) is 17.9 Å². The molecule has 3 fully saturated rings. The maximum atomic E-state index is 13.1. The highest BCUT2D eigenvalue weighted by Gasteiger charge is 2.57. The number of nitrogens with one attached hydrogen (secondary N) is 2. The molecule has 1 aliphatic carbocycles. The minimum absolute atomic E-state index is 0.0143. The van der Waals surface area contributed by atoms with E-state index in [1.54, 1.807) is 0 Å². The molecule has 6 heteroatoms. The number of imidazole rings is 1. The van der Waals surface area contributed by atoms with E-state index >= 15 is 0 Å². The maximum absolute atomic E-state index is 13.1. The van der Waals surface area contributed by atoms with Gasteiger partial charge in [-0.2, -0.15) is 0 Å². The SMILES string of the molecule is CCn1ccnc1CN(C(=O)C#CC1CCNCC1)C1CC12CCNCC2. The second kappa shape index (κ2) is 8.04. The Morgan fingerprint density at radius 1 is 1.30 bits per heavy atom. The molecule has 2 N–H and O–H groups in total. The van der Waals surface area contributed by atoms with Crippen molar-refractivity contribution in [1.82, 2.24) is 25.1 Å². The molecular weight excluding hydrogens is 338 g/mol. The summed E-state index contributed by atoms with van der Waals surface area (Å²) >= 11 is 0. The van der Waals surface area contributed by atoms with Gasteiger partial charge in [-0.1, -0.05) is 5.92 Å². The summed E-state index contributed by atoms with van der Waals surface area (Å²) in [5.41, 5.74) is 0.307. The van der Waals surface area contributed by atoms with E-state index in [9.17, 15) is 4.79 Å². The number of carbonyl (C=O) groups is 1. The average molecular weight is 370 g/mol. The quantitative estimate of drug-likeness (QED) is 0.787. The topological polar surface area (TPSA) is 62.2 Å². The number of rotatable bonds is 4. The van der Waals surface area contributed by atoms with Gasteiger partial charge < -0.3 is 20.1 Å². The molecule has 2 aliphatic heterocycles. The lowest BCUT2D eigenvalue weighted by Crippen LogP contribution is -2.39. The number of nitrogens with zero attached hydrogens (tertiary/aromatic N) is 3. The van der Waals surface area contributed by atoms with Gasteiger partial charge in [-0.3, -0.25) is 4.79 Å². The number of aryl methyl sites for hydroxylation is 1. The summed E-state index contributed by atoms with van der Waals surface area (Å²) in [5.74, 6) is 7.56. The fraction of sp³-hybridized carbons (Fsp3) is 0.714. The first-order valence-electron chi connectivity index (χ1n) is 10.5. The smallest absolute Gasteiger partial charge is 0.299 e. The van der Waals surface area contributed by atoms with Gasteiger partial charge in [-0.05, 0) is 76.5 Å². The lowest BCUT2D eigenvalue weighted by Gasteiger charge is -2.28. The normalized spacial score (nSPS) is 24.3. The number of hydrogen-bond acceptors (Lipinski definition) is 4. The van der Waals surface area contributed by atoms with Gasteiger partial charge >= 0.3 is 0 Å². The summed E-state index contributed by atoms with van der Waals surface area (Å²) in [5, 5.41) is 6.80. The van der Waals surface area contributed by atoms with E-state index in [0.29, 0.717) is 23.9 Å². The van der Waals surface area contributed by atoms with Gasteiger partial charge in [0.1, 0.15) is 5.82 Å². The summed E-state index contributed by atoms with van der Waals surface area (Å²) in [6.45, 7) is 7.68. The van der Waals surface area contributed by atoms with E-state index in [0.717, 1.165) is 70.7 Å². The number of carbonyl (C=O) groups excluding carboxylic acids is 1. The predicted octanol–water partition coefficient (Wildman–Crippen LogP) is 1.38. The zero-order valence-electron chi connectivity index (χ0n) is 16.3. The van der Waals surface area contributed by atoms with Gasteiger partial charge in [-0.15, -0.1) is 0 Å². The molecule has 146 valence electrons. The highest BCUT2D eigenvalue weighted by Crippen LogP contribution is 2.56. The van der Waals surface area contributed by atoms with Gasteiger partial charge in [0.05, 0.1) is 6.54 Å². The van der Waals surface area contributed by atoms with Crippen LogP contribution in [0.2, 0.25) is 0 Å². The Labute approximate surface area is 162 Å². The fourth-order valence-corrected chi connectivity index (χ4v) is 4.69. The summed E-state index contributed by atoms with van der Waals surface area (Å²) < 4.78 is 2.12. The number of amides is 1. The molecule has 6 nitrogen and oxygen atoms in total. The first-order valence-corrected chi connectivity index (χ1v) is 10.5. The van der Waals surface area contributed by atoms with E-state index < -0.39 is 0 Å². The Bertz CT molecular complexity index is 718. The maximum Gasteiger partial charge on any atom is 0.299 e. The van der Waals surface area contributed by atoms with Crippen molar-refractivity contribution in [3.05, 3.63) is 18.2 Å². The molecule has 0 bridgehead atoms. The second-order valence-electron chi connectivity index (χ2n) is 8.19. The molecule has 27 heavy (non-hydrogen) atoms. The van der Waals surface area contributed by atoms with Crippen LogP contribution in [0.4, 0.5) is 0 Å². The van der Waals surface area contributed by atoms with E-state index in [1.165, 1.54) is 0 Å². The third kappa shape index (κ3) is 4.04. The Hall–Kier alpha value is -1.84. The van der Waals surface area contributed by atoms with Crippen molar-refractivity contribution in [3.8, 4) is 11.8 Å². The minimum Gasteiger partial charge on any atom is -0.334 e. The largest absolute Gasteiger partial charge is 0.334 e. The van der Waals surface area contributed by atoms with Gasteiger partial charge in [0.15, 0.2) is 0 Å². The van der Waals surface area contributed by atoms with E-state index in [1.807, 2.05) is 17.3 Å². The Balaban J connectivity index is 1.51. The Morgan fingerprint density at radius 3 is 2.78 bits per heavy atom. The lowest BCUT2D eigenvalue weighted by atomic mass is 9.93. The molecule has 0 aromatic carbocycles. The van der Waals surface area contributed by atoms with Gasteiger partial charge in [0.2, 0.25) is 0 Å². The van der Waals surface area contributed by atoms with E-state index in [-0.39, 0.29) is 5.91 Å². The summed E-state index contributed by atoms with van der Waals surface area (Å²) in [7, 11) is 0. The molecule has 1 aromatic heterocycles. The van der Waals surface area contributed by atoms with Crippen LogP contribution in [0.3, 0.4) is 0 Å². The van der Waals surface area contributed by atoms with Crippen LogP contribution in [0, 0.1) is 23.2 Å². The molecular formula is C21H31N5O. The zero-order chi connectivity index (χ0) is 18.7. The van der Waals surface area contributed by atoms with E-state index in [4.69, 9.17) is 0 Å². The molecule has 1 aromatic rings. The minimum atomic E-state index is -0.0143. The number of aromatic nitrogens is 2. The van der Waals surface area contributed by atoms with Gasteiger partial charge in [0.25, 0.3) is 5.91 Å². The second-order valence-corrected chi connectivity index (χ2v) is 8.19. The lowest BCUT2D eigenvalue weighted by molar-refractivity contribution is -0.127. The molecule has 1 spiro atoms. The molecule has 1 unspecified atom stereocenters. The molecule has 1 saturated carbocycles. The van der Waals surface area contributed by atoms with Crippen molar-refractivity contribution < 1.29 is 4.79 Å². The first kappa shape index (κ1) is 18.5. The molecule has 3 heterocycles. The molecule has 0 radical (unpaired) electrons. The van der Waals surface area contributed by atoms with Crippen LogP contribution in [0.5, 0.6) is 0 Å². The number of hydrogen-bond donors (Lipinski definition) is 2. The van der Waals surface area contributed by atoms with Crippen LogP contribution in [0.15, 0.2) is 12.4 Å². The summed E-state index contributed by atoms with van der Waals surface area (Å²) in [6.07, 6.45) is 9.33. The van der Waals surface area contributed by atoms with Crippen molar-refractivity contribution in [2.75, 3.05) is 26.2 Å². The molecule has 4 rings (SSSR count). The van der Waals surface area contributed by atoms with Crippen LogP contribution in [0.1, 0.15) is 44.9 Å². The standard InChI is InChI=1S/C21H31N5O/c1-2-25-14-13-24-19(25)16-26(18-15-21(18)7-11-23-12-8-21)20(27)4-3-17-5-9-22-10-6-17/h13-14,17-18,22-23H,2,5-12,15-16H2,1H3. The fourth-order valence-electron chi connectivity index (χ4n) is 4.69. The first-order chi connectivity index (χ1) is 13.2. The van der Waals surface area contributed by atoms with Gasteiger partial charge in [-0.25, -0.2) is 4.98 Å². The molecule has 3 aliphatic rings.